The third-order valence-electron chi connectivity index (χ3n) is 1.26. The Balaban J connectivity index is 4.74. The van der Waals surface area contributed by atoms with Crippen LogP contribution in [-0.2, 0) is 4.79 Å². The summed E-state index contributed by atoms with van der Waals surface area (Å²) in [5.74, 6) is 0.0312. The van der Waals surface area contributed by atoms with Gasteiger partial charge >= 0.3 is 0 Å². The molecule has 0 saturated heterocycles. The lowest BCUT2D eigenvalue weighted by atomic mass is 10.1. The third-order valence-corrected chi connectivity index (χ3v) is 1.26. The summed E-state index contributed by atoms with van der Waals surface area (Å²) in [7, 11) is 0. The zero-order chi connectivity index (χ0) is 9.56. The van der Waals surface area contributed by atoms with E-state index in [4.69, 9.17) is 0 Å². The maximum Gasteiger partial charge on any atom is 0.160 e. The number of carbonyl (C=O) groups is 1. The van der Waals surface area contributed by atoms with Crippen LogP contribution in [0.25, 0.3) is 0 Å². The van der Waals surface area contributed by atoms with Crippen LogP contribution in [0.4, 0.5) is 0 Å². The van der Waals surface area contributed by atoms with Crippen molar-refractivity contribution >= 4 is 5.78 Å². The van der Waals surface area contributed by atoms with E-state index in [-0.39, 0.29) is 5.78 Å². The van der Waals surface area contributed by atoms with Gasteiger partial charge in [-0.1, -0.05) is 24.3 Å². The molecule has 1 nitrogen and oxygen atoms in total. The molecule has 0 N–H and O–H groups in total. The molecule has 0 bridgehead atoms. The van der Waals surface area contributed by atoms with E-state index in [1.807, 2.05) is 19.9 Å². The minimum Gasteiger partial charge on any atom is -0.294 e. The Kier molecular flexibility index (Phi) is 4.75. The van der Waals surface area contributed by atoms with Gasteiger partial charge in [0.05, 0.1) is 0 Å². The predicted molar refractivity (Wildman–Crippen MR) is 51.9 cm³/mol. The van der Waals surface area contributed by atoms with Crippen LogP contribution in [0.15, 0.2) is 41.7 Å². The maximum atomic E-state index is 10.9. The molecular weight excluding hydrogens is 148 g/mol. The molecule has 0 aromatic rings. The van der Waals surface area contributed by atoms with Gasteiger partial charge in [0.1, 0.15) is 0 Å². The van der Waals surface area contributed by atoms with E-state index in [1.54, 1.807) is 12.2 Å². The highest BCUT2D eigenvalue weighted by Gasteiger charge is 1.95. The molecule has 0 heterocycles. The van der Waals surface area contributed by atoms with Gasteiger partial charge in [-0.3, -0.25) is 4.79 Å². The summed E-state index contributed by atoms with van der Waals surface area (Å²) in [5, 5.41) is 0. The van der Waals surface area contributed by atoms with Crippen molar-refractivity contribution in [2.24, 2.45) is 0 Å². The van der Waals surface area contributed by atoms with E-state index in [9.17, 15) is 4.79 Å². The van der Waals surface area contributed by atoms with Crippen LogP contribution in [0.3, 0.4) is 0 Å². The van der Waals surface area contributed by atoms with E-state index in [0.717, 1.165) is 5.57 Å². The van der Waals surface area contributed by atoms with Gasteiger partial charge in [0, 0.05) is 5.57 Å². The zero-order valence-corrected chi connectivity index (χ0v) is 7.85. The molecule has 0 aliphatic rings. The van der Waals surface area contributed by atoms with Crippen molar-refractivity contribution in [1.29, 1.82) is 0 Å². The van der Waals surface area contributed by atoms with Gasteiger partial charge in [-0.25, -0.2) is 0 Å². The van der Waals surface area contributed by atoms with E-state index in [0.29, 0.717) is 5.57 Å². The topological polar surface area (TPSA) is 17.1 Å². The first kappa shape index (κ1) is 10.7. The minimum absolute atomic E-state index is 0.0312. The van der Waals surface area contributed by atoms with Crippen LogP contribution in [-0.4, -0.2) is 5.78 Å². The van der Waals surface area contributed by atoms with Crippen LogP contribution in [0.5, 0.6) is 0 Å². The second kappa shape index (κ2) is 5.34. The molecule has 0 fully saturated rings. The van der Waals surface area contributed by atoms with Gasteiger partial charge in [0.25, 0.3) is 0 Å². The lowest BCUT2D eigenvalue weighted by molar-refractivity contribution is -0.113. The lowest BCUT2D eigenvalue weighted by Crippen LogP contribution is -1.91. The molecule has 0 amide bonds. The largest absolute Gasteiger partial charge is 0.294 e. The van der Waals surface area contributed by atoms with Crippen molar-refractivity contribution in [2.45, 2.75) is 20.8 Å². The average Bonchev–Trinajstić information content (AvgIpc) is 1.96. The van der Waals surface area contributed by atoms with Crippen molar-refractivity contribution in [3.63, 3.8) is 0 Å². The van der Waals surface area contributed by atoms with Crippen molar-refractivity contribution in [3.05, 3.63) is 41.7 Å². The minimum atomic E-state index is 0.0312. The fourth-order valence-corrected chi connectivity index (χ4v) is 0.634. The molecule has 64 valence electrons. The molecule has 0 atom stereocenters. The number of rotatable bonds is 3. The highest BCUT2D eigenvalue weighted by Crippen LogP contribution is 2.00. The highest BCUT2D eigenvalue weighted by molar-refractivity contribution is 5.96. The Morgan fingerprint density at radius 3 is 2.17 bits per heavy atom. The number of carbonyl (C=O) groups excluding carboxylic acids is 1. The van der Waals surface area contributed by atoms with Gasteiger partial charge in [-0.15, -0.1) is 5.73 Å². The second-order valence-electron chi connectivity index (χ2n) is 2.77. The number of ketones is 1. The van der Waals surface area contributed by atoms with E-state index in [1.165, 1.54) is 6.92 Å². The van der Waals surface area contributed by atoms with Crippen molar-refractivity contribution in [2.75, 3.05) is 0 Å². The Morgan fingerprint density at radius 2 is 1.83 bits per heavy atom. The molecule has 0 radical (unpaired) electrons. The molecule has 0 aliphatic carbocycles. The molecule has 0 spiro atoms. The zero-order valence-electron chi connectivity index (χ0n) is 7.85. The first-order valence-electron chi connectivity index (χ1n) is 3.80. The quantitative estimate of drug-likeness (QED) is 0.354. The molecule has 0 aliphatic heterocycles. The molecular formula is C11H14O. The van der Waals surface area contributed by atoms with Crippen LogP contribution in [0.2, 0.25) is 0 Å². The third kappa shape index (κ3) is 4.48. The first-order chi connectivity index (χ1) is 5.57. The van der Waals surface area contributed by atoms with Gasteiger partial charge in [0.2, 0.25) is 0 Å². The smallest absolute Gasteiger partial charge is 0.160 e. The Labute approximate surface area is 73.8 Å². The van der Waals surface area contributed by atoms with Crippen LogP contribution in [0.1, 0.15) is 20.8 Å². The number of Topliss-reactive ketones (excluding diaryl/α,β-unsaturated/α-hetero) is 1. The standard InChI is InChI=1S/C11H14O/c1-5-6-11(10(4)12)8-7-9(2)3/h6-8H,1H2,2-4H3/b11-8+. The van der Waals surface area contributed by atoms with Gasteiger partial charge in [-0.05, 0) is 26.8 Å². The van der Waals surface area contributed by atoms with E-state index >= 15 is 0 Å². The molecule has 0 rings (SSSR count). The summed E-state index contributed by atoms with van der Waals surface area (Å²) in [4.78, 5) is 10.9. The molecule has 0 unspecified atom stereocenters. The SMILES string of the molecule is C=C=C/C(=C\C=C(C)C)C(C)=O. The molecule has 0 aromatic heterocycles. The van der Waals surface area contributed by atoms with Crippen LogP contribution in [0, 0.1) is 0 Å². The fourth-order valence-electron chi connectivity index (χ4n) is 0.634. The molecule has 1 heteroatoms. The number of hydrogen-bond donors (Lipinski definition) is 0. The monoisotopic (exact) mass is 162 g/mol. The average molecular weight is 162 g/mol. The Bertz CT molecular complexity index is 265. The normalized spacial score (nSPS) is 10.1. The predicted octanol–water partition coefficient (Wildman–Crippen LogP) is 2.81. The summed E-state index contributed by atoms with van der Waals surface area (Å²) >= 11 is 0. The fraction of sp³-hybridized carbons (Fsp3) is 0.273. The van der Waals surface area contributed by atoms with Crippen LogP contribution >= 0.6 is 0 Å². The Morgan fingerprint density at radius 1 is 1.25 bits per heavy atom. The number of hydrogen-bond acceptors (Lipinski definition) is 1. The van der Waals surface area contributed by atoms with E-state index in [2.05, 4.69) is 12.3 Å². The molecule has 12 heavy (non-hydrogen) atoms. The summed E-state index contributed by atoms with van der Waals surface area (Å²) in [6.07, 6.45) is 5.25. The lowest BCUT2D eigenvalue weighted by Gasteiger charge is -1.91. The second-order valence-corrected chi connectivity index (χ2v) is 2.77. The van der Waals surface area contributed by atoms with Crippen molar-refractivity contribution in [1.82, 2.24) is 0 Å². The summed E-state index contributed by atoms with van der Waals surface area (Å²) < 4.78 is 0. The maximum absolute atomic E-state index is 10.9. The molecule has 0 saturated carbocycles. The summed E-state index contributed by atoms with van der Waals surface area (Å²) in [6.45, 7) is 8.90. The van der Waals surface area contributed by atoms with Gasteiger partial charge in [0.15, 0.2) is 5.78 Å². The van der Waals surface area contributed by atoms with Crippen LogP contribution < -0.4 is 0 Å². The van der Waals surface area contributed by atoms with Gasteiger partial charge in [-0.2, -0.15) is 0 Å². The number of allylic oxidation sites excluding steroid dienone is 5. The van der Waals surface area contributed by atoms with Gasteiger partial charge < -0.3 is 0 Å². The first-order valence-corrected chi connectivity index (χ1v) is 3.80. The summed E-state index contributed by atoms with van der Waals surface area (Å²) in [5.41, 5.74) is 4.37. The van der Waals surface area contributed by atoms with Crippen molar-refractivity contribution < 1.29 is 4.79 Å². The summed E-state index contributed by atoms with van der Waals surface area (Å²) in [6, 6.07) is 0. The Hall–Kier alpha value is -1.33. The highest BCUT2D eigenvalue weighted by atomic mass is 16.1. The molecule has 0 aromatic carbocycles. The van der Waals surface area contributed by atoms with E-state index < -0.39 is 0 Å². The van der Waals surface area contributed by atoms with Crippen molar-refractivity contribution in [3.8, 4) is 0 Å².